The summed E-state index contributed by atoms with van der Waals surface area (Å²) in [6, 6.07) is 8.18. The molecule has 0 saturated carbocycles. The fourth-order valence-corrected chi connectivity index (χ4v) is 2.90. The summed E-state index contributed by atoms with van der Waals surface area (Å²) >= 11 is 23.8. The van der Waals surface area contributed by atoms with Crippen LogP contribution in [0.3, 0.4) is 0 Å². The molecule has 3 nitrogen and oxygen atoms in total. The molecule has 21 heavy (non-hydrogen) atoms. The fourth-order valence-electron chi connectivity index (χ4n) is 1.85. The number of carbonyl (C=O) groups excluding carboxylic acids is 1. The van der Waals surface area contributed by atoms with Crippen LogP contribution >= 0.6 is 46.4 Å². The molecule has 0 amide bonds. The fraction of sp³-hybridized carbons (Fsp3) is 0.0714. The third-order valence-corrected chi connectivity index (χ3v) is 4.64. The van der Waals surface area contributed by atoms with E-state index in [-0.39, 0.29) is 31.2 Å². The van der Waals surface area contributed by atoms with Crippen LogP contribution in [-0.2, 0) is 0 Å². The smallest absolute Gasteiger partial charge is 0.195 e. The molecule has 0 unspecified atom stereocenters. The first kappa shape index (κ1) is 16.6. The van der Waals surface area contributed by atoms with E-state index < -0.39 is 12.1 Å². The Morgan fingerprint density at radius 2 is 1.38 bits per heavy atom. The van der Waals surface area contributed by atoms with E-state index in [1.807, 2.05) is 0 Å². The summed E-state index contributed by atoms with van der Waals surface area (Å²) in [4.78, 5) is 12.5. The number of rotatable bonds is 3. The number of ketones is 1. The second-order valence-corrected chi connectivity index (χ2v) is 5.63. The van der Waals surface area contributed by atoms with Crippen LogP contribution in [0.5, 0.6) is 0 Å². The van der Waals surface area contributed by atoms with Crippen molar-refractivity contribution in [1.82, 2.24) is 0 Å². The molecule has 0 aliphatic carbocycles. The highest BCUT2D eigenvalue weighted by Crippen LogP contribution is 2.44. The summed E-state index contributed by atoms with van der Waals surface area (Å²) in [7, 11) is 0. The lowest BCUT2D eigenvalue weighted by molar-refractivity contribution is -0.0428. The summed E-state index contributed by atoms with van der Waals surface area (Å²) in [6.07, 6.45) is -2.02. The summed E-state index contributed by atoms with van der Waals surface area (Å²) in [5, 5.41) is 18.3. The van der Waals surface area contributed by atoms with Crippen molar-refractivity contribution in [2.45, 2.75) is 6.29 Å². The molecule has 0 aromatic heterocycles. The van der Waals surface area contributed by atoms with Crippen molar-refractivity contribution in [3.8, 4) is 0 Å². The quantitative estimate of drug-likeness (QED) is 0.364. The van der Waals surface area contributed by atoms with E-state index in [1.54, 1.807) is 30.3 Å². The molecular weight excluding hydrogens is 358 g/mol. The standard InChI is InChI=1S/C14H8Cl4O3/c15-9-7(13(19)6-4-2-1-3-5-6)8(14(20)21)10(16)12(18)11(9)17/h1-5,14,20-21H. The third-order valence-electron chi connectivity index (χ3n) is 2.82. The number of hydrogen-bond acceptors (Lipinski definition) is 3. The van der Waals surface area contributed by atoms with E-state index in [4.69, 9.17) is 46.4 Å². The first-order valence-corrected chi connectivity index (χ1v) is 7.19. The number of benzene rings is 2. The molecule has 0 fully saturated rings. The van der Waals surface area contributed by atoms with Gasteiger partial charge in [0.05, 0.1) is 25.7 Å². The van der Waals surface area contributed by atoms with Gasteiger partial charge in [0.1, 0.15) is 0 Å². The Labute approximate surface area is 140 Å². The molecule has 0 spiro atoms. The highest BCUT2D eigenvalue weighted by molar-refractivity contribution is 6.53. The van der Waals surface area contributed by atoms with Crippen molar-refractivity contribution in [3.63, 3.8) is 0 Å². The minimum atomic E-state index is -2.02. The molecule has 0 aliphatic heterocycles. The number of aliphatic hydroxyl groups is 2. The molecule has 2 aromatic carbocycles. The van der Waals surface area contributed by atoms with Crippen molar-refractivity contribution < 1.29 is 15.0 Å². The van der Waals surface area contributed by atoms with Gasteiger partial charge in [0, 0.05) is 11.1 Å². The van der Waals surface area contributed by atoms with Crippen molar-refractivity contribution in [2.75, 3.05) is 0 Å². The summed E-state index contributed by atoms with van der Waals surface area (Å²) in [5.41, 5.74) is -0.155. The van der Waals surface area contributed by atoms with Crippen LogP contribution in [0.4, 0.5) is 0 Å². The predicted octanol–water partition coefficient (Wildman–Crippen LogP) is 4.51. The van der Waals surface area contributed by atoms with Gasteiger partial charge in [-0.15, -0.1) is 0 Å². The van der Waals surface area contributed by atoms with Gasteiger partial charge in [-0.05, 0) is 0 Å². The van der Waals surface area contributed by atoms with Crippen molar-refractivity contribution in [1.29, 1.82) is 0 Å². The van der Waals surface area contributed by atoms with Crippen LogP contribution in [0.15, 0.2) is 30.3 Å². The molecule has 110 valence electrons. The minimum Gasteiger partial charge on any atom is -0.364 e. The van der Waals surface area contributed by atoms with E-state index in [2.05, 4.69) is 0 Å². The maximum Gasteiger partial charge on any atom is 0.195 e. The van der Waals surface area contributed by atoms with Crippen LogP contribution in [-0.4, -0.2) is 16.0 Å². The first-order chi connectivity index (χ1) is 9.86. The molecule has 0 bridgehead atoms. The number of halogens is 4. The summed E-state index contributed by atoms with van der Waals surface area (Å²) in [5.74, 6) is -0.538. The van der Waals surface area contributed by atoms with E-state index in [0.29, 0.717) is 5.56 Å². The molecule has 0 radical (unpaired) electrons. The Morgan fingerprint density at radius 3 is 1.90 bits per heavy atom. The molecule has 0 saturated heterocycles. The maximum atomic E-state index is 12.5. The zero-order valence-corrected chi connectivity index (χ0v) is 13.3. The Morgan fingerprint density at radius 1 is 0.857 bits per heavy atom. The van der Waals surface area contributed by atoms with Crippen LogP contribution in [0.2, 0.25) is 20.1 Å². The Bertz CT molecular complexity index is 699. The lowest BCUT2D eigenvalue weighted by atomic mass is 9.97. The highest BCUT2D eigenvalue weighted by atomic mass is 35.5. The Hall–Kier alpha value is -0.810. The van der Waals surface area contributed by atoms with Gasteiger partial charge in [-0.25, -0.2) is 0 Å². The molecule has 0 aliphatic rings. The van der Waals surface area contributed by atoms with Crippen molar-refractivity contribution in [3.05, 3.63) is 67.1 Å². The van der Waals surface area contributed by atoms with Crippen molar-refractivity contribution in [2.24, 2.45) is 0 Å². The lowest BCUT2D eigenvalue weighted by Gasteiger charge is -2.17. The molecular formula is C14H8Cl4O3. The van der Waals surface area contributed by atoms with Gasteiger partial charge >= 0.3 is 0 Å². The Balaban J connectivity index is 2.76. The van der Waals surface area contributed by atoms with Crippen molar-refractivity contribution >= 4 is 52.2 Å². The normalized spacial score (nSPS) is 11.0. The topological polar surface area (TPSA) is 57.5 Å². The monoisotopic (exact) mass is 364 g/mol. The largest absolute Gasteiger partial charge is 0.364 e. The average Bonchev–Trinajstić information content (AvgIpc) is 2.48. The predicted molar refractivity (Wildman–Crippen MR) is 83.5 cm³/mol. The van der Waals surface area contributed by atoms with E-state index in [0.717, 1.165) is 0 Å². The minimum absolute atomic E-state index is 0.119. The number of aliphatic hydroxyl groups excluding tert-OH is 1. The second kappa shape index (κ2) is 6.53. The van der Waals surface area contributed by atoms with Gasteiger partial charge in [0.2, 0.25) is 0 Å². The van der Waals surface area contributed by atoms with Gasteiger partial charge in [0.25, 0.3) is 0 Å². The number of hydrogen-bond donors (Lipinski definition) is 2. The molecule has 2 rings (SSSR count). The summed E-state index contributed by atoms with van der Waals surface area (Å²) < 4.78 is 0. The third kappa shape index (κ3) is 3.04. The van der Waals surface area contributed by atoms with Gasteiger partial charge in [0.15, 0.2) is 12.1 Å². The molecule has 2 aromatic rings. The second-order valence-electron chi connectivity index (χ2n) is 4.11. The maximum absolute atomic E-state index is 12.5. The number of carbonyl (C=O) groups is 1. The van der Waals surface area contributed by atoms with Crippen LogP contribution in [0.25, 0.3) is 0 Å². The molecule has 0 heterocycles. The van der Waals surface area contributed by atoms with Gasteiger partial charge in [-0.3, -0.25) is 4.79 Å². The van der Waals surface area contributed by atoms with Crippen LogP contribution in [0, 0.1) is 0 Å². The molecule has 0 atom stereocenters. The zero-order chi connectivity index (χ0) is 15.7. The van der Waals surface area contributed by atoms with E-state index in [9.17, 15) is 15.0 Å². The average molecular weight is 366 g/mol. The summed E-state index contributed by atoms with van der Waals surface area (Å²) in [6.45, 7) is 0. The lowest BCUT2D eigenvalue weighted by Crippen LogP contribution is -2.11. The Kier molecular flexibility index (Phi) is 5.15. The van der Waals surface area contributed by atoms with Gasteiger partial charge in [-0.1, -0.05) is 76.7 Å². The first-order valence-electron chi connectivity index (χ1n) is 5.68. The van der Waals surface area contributed by atoms with Crippen LogP contribution < -0.4 is 0 Å². The molecule has 2 N–H and O–H groups in total. The van der Waals surface area contributed by atoms with Gasteiger partial charge < -0.3 is 10.2 Å². The highest BCUT2D eigenvalue weighted by Gasteiger charge is 2.28. The molecule has 7 heteroatoms. The zero-order valence-electron chi connectivity index (χ0n) is 10.3. The van der Waals surface area contributed by atoms with Gasteiger partial charge in [-0.2, -0.15) is 0 Å². The van der Waals surface area contributed by atoms with Crippen LogP contribution in [0.1, 0.15) is 27.8 Å². The SMILES string of the molecule is O=C(c1ccccc1)c1c(Cl)c(Cl)c(Cl)c(Cl)c1C(O)O. The van der Waals surface area contributed by atoms with E-state index in [1.165, 1.54) is 0 Å². The van der Waals surface area contributed by atoms with E-state index >= 15 is 0 Å².